The first-order chi connectivity index (χ1) is 10.1. The molecule has 0 saturated carbocycles. The first kappa shape index (κ1) is 14.5. The van der Waals surface area contributed by atoms with Crippen LogP contribution in [0.2, 0.25) is 0 Å². The fourth-order valence-electron chi connectivity index (χ4n) is 2.73. The molecule has 5 heteroatoms. The van der Waals surface area contributed by atoms with E-state index in [9.17, 15) is 4.79 Å². The maximum absolute atomic E-state index is 11.1. The van der Waals surface area contributed by atoms with E-state index in [4.69, 9.17) is 11.6 Å². The summed E-state index contributed by atoms with van der Waals surface area (Å²) in [4.78, 5) is 11.1. The van der Waals surface area contributed by atoms with E-state index < -0.39 is 0 Å². The Morgan fingerprint density at radius 3 is 2.95 bits per heavy atom. The number of aryl methyl sites for hydroxylation is 2. The standard InChI is InChI=1S/C16H14BrClN2O/c1-20-14(8-10-3-2-4-12(17)7-10)15-13(19-20)6-5-11(9-21)16(15)18/h2-4,7,9H,5-6,8H2,1H3. The van der Waals surface area contributed by atoms with Gasteiger partial charge in [-0.05, 0) is 30.5 Å². The van der Waals surface area contributed by atoms with Crippen LogP contribution in [0.4, 0.5) is 0 Å². The normalized spacial score (nSPS) is 14.2. The molecule has 1 aliphatic rings. The van der Waals surface area contributed by atoms with E-state index in [1.807, 2.05) is 23.9 Å². The number of carbonyl (C=O) groups excluding carboxylic acids is 1. The summed E-state index contributed by atoms with van der Waals surface area (Å²) in [6, 6.07) is 8.17. The minimum atomic E-state index is 0.560. The lowest BCUT2D eigenvalue weighted by Crippen LogP contribution is -2.04. The van der Waals surface area contributed by atoms with E-state index >= 15 is 0 Å². The van der Waals surface area contributed by atoms with Gasteiger partial charge in [-0.15, -0.1) is 0 Å². The summed E-state index contributed by atoms with van der Waals surface area (Å²) in [6.45, 7) is 0. The van der Waals surface area contributed by atoms with Gasteiger partial charge in [0.05, 0.1) is 16.4 Å². The summed E-state index contributed by atoms with van der Waals surface area (Å²) in [5, 5.41) is 5.12. The number of fused-ring (bicyclic) bond motifs is 1. The Labute approximate surface area is 136 Å². The van der Waals surface area contributed by atoms with Gasteiger partial charge in [-0.3, -0.25) is 9.48 Å². The second-order valence-corrected chi connectivity index (χ2v) is 6.45. The van der Waals surface area contributed by atoms with Crippen LogP contribution < -0.4 is 0 Å². The van der Waals surface area contributed by atoms with Crippen LogP contribution in [0.25, 0.3) is 5.03 Å². The topological polar surface area (TPSA) is 34.9 Å². The van der Waals surface area contributed by atoms with Crippen molar-refractivity contribution in [2.45, 2.75) is 19.3 Å². The number of aromatic nitrogens is 2. The van der Waals surface area contributed by atoms with Gasteiger partial charge >= 0.3 is 0 Å². The van der Waals surface area contributed by atoms with Crippen LogP contribution in [0.15, 0.2) is 34.3 Å². The molecule has 1 aromatic carbocycles. The van der Waals surface area contributed by atoms with Crippen LogP contribution in [0.3, 0.4) is 0 Å². The third kappa shape index (κ3) is 2.70. The SMILES string of the molecule is Cn1nc2c(c1Cc1cccc(Br)c1)C(Cl)=C(C=O)CC2. The van der Waals surface area contributed by atoms with E-state index in [1.165, 1.54) is 5.56 Å². The largest absolute Gasteiger partial charge is 0.298 e. The highest BCUT2D eigenvalue weighted by atomic mass is 79.9. The van der Waals surface area contributed by atoms with Crippen LogP contribution in [0.5, 0.6) is 0 Å². The lowest BCUT2D eigenvalue weighted by Gasteiger charge is -2.13. The van der Waals surface area contributed by atoms with Crippen molar-refractivity contribution in [1.29, 1.82) is 0 Å². The lowest BCUT2D eigenvalue weighted by molar-refractivity contribution is -0.105. The number of rotatable bonds is 3. The number of halogens is 2. The second-order valence-electron chi connectivity index (χ2n) is 5.16. The quantitative estimate of drug-likeness (QED) is 0.774. The van der Waals surface area contributed by atoms with Gasteiger partial charge in [-0.25, -0.2) is 0 Å². The van der Waals surface area contributed by atoms with E-state index in [0.29, 0.717) is 17.0 Å². The third-order valence-electron chi connectivity index (χ3n) is 3.77. The molecule has 0 saturated heterocycles. The zero-order valence-electron chi connectivity index (χ0n) is 11.6. The molecule has 0 unspecified atom stereocenters. The molecule has 0 N–H and O–H groups in total. The molecule has 1 aliphatic carbocycles. The van der Waals surface area contributed by atoms with E-state index in [-0.39, 0.29) is 0 Å². The second kappa shape index (κ2) is 5.78. The molecule has 0 aliphatic heterocycles. The summed E-state index contributed by atoms with van der Waals surface area (Å²) in [7, 11) is 1.93. The van der Waals surface area contributed by atoms with Gasteiger partial charge in [0.25, 0.3) is 0 Å². The Kier molecular flexibility index (Phi) is 4.00. The number of benzene rings is 1. The van der Waals surface area contributed by atoms with Gasteiger partial charge in [0.2, 0.25) is 0 Å². The lowest BCUT2D eigenvalue weighted by atomic mass is 9.94. The van der Waals surface area contributed by atoms with Crippen LogP contribution in [0, 0.1) is 0 Å². The molecule has 21 heavy (non-hydrogen) atoms. The number of hydrogen-bond donors (Lipinski definition) is 0. The first-order valence-electron chi connectivity index (χ1n) is 6.73. The molecule has 0 bridgehead atoms. The van der Waals surface area contributed by atoms with Gasteiger partial charge in [0.1, 0.15) is 6.29 Å². The van der Waals surface area contributed by atoms with Crippen molar-refractivity contribution in [3.63, 3.8) is 0 Å². The molecule has 2 aromatic rings. The van der Waals surface area contributed by atoms with Crippen molar-refractivity contribution in [3.05, 3.63) is 56.8 Å². The average Bonchev–Trinajstić information content (AvgIpc) is 2.76. The maximum atomic E-state index is 11.1. The number of hydrogen-bond acceptors (Lipinski definition) is 2. The molecule has 0 spiro atoms. The summed E-state index contributed by atoms with van der Waals surface area (Å²) in [5.74, 6) is 0. The van der Waals surface area contributed by atoms with Crippen molar-refractivity contribution in [1.82, 2.24) is 9.78 Å². The van der Waals surface area contributed by atoms with Crippen molar-refractivity contribution in [3.8, 4) is 0 Å². The van der Waals surface area contributed by atoms with Gasteiger partial charge in [0.15, 0.2) is 0 Å². The molecule has 0 amide bonds. The monoisotopic (exact) mass is 364 g/mol. The summed E-state index contributed by atoms with van der Waals surface area (Å²) in [5.41, 5.74) is 4.82. The van der Waals surface area contributed by atoms with E-state index in [0.717, 1.165) is 40.6 Å². The van der Waals surface area contributed by atoms with Crippen molar-refractivity contribution in [2.24, 2.45) is 7.05 Å². The zero-order chi connectivity index (χ0) is 15.0. The molecular formula is C16H14BrClN2O. The Morgan fingerprint density at radius 2 is 2.24 bits per heavy atom. The summed E-state index contributed by atoms with van der Waals surface area (Å²) >= 11 is 9.90. The predicted molar refractivity (Wildman–Crippen MR) is 87.3 cm³/mol. The molecule has 3 nitrogen and oxygen atoms in total. The third-order valence-corrected chi connectivity index (χ3v) is 4.70. The molecule has 3 rings (SSSR count). The van der Waals surface area contributed by atoms with Crippen LogP contribution >= 0.6 is 27.5 Å². The minimum absolute atomic E-state index is 0.560. The molecule has 0 radical (unpaired) electrons. The number of nitrogens with zero attached hydrogens (tertiary/aromatic N) is 2. The van der Waals surface area contributed by atoms with E-state index in [2.05, 4.69) is 33.2 Å². The van der Waals surface area contributed by atoms with Gasteiger partial charge in [-0.1, -0.05) is 39.7 Å². The molecule has 1 heterocycles. The highest BCUT2D eigenvalue weighted by molar-refractivity contribution is 9.10. The van der Waals surface area contributed by atoms with Gasteiger partial charge in [-0.2, -0.15) is 5.10 Å². The van der Waals surface area contributed by atoms with Crippen molar-refractivity contribution < 1.29 is 4.79 Å². The maximum Gasteiger partial charge on any atom is 0.147 e. The van der Waals surface area contributed by atoms with Crippen molar-refractivity contribution in [2.75, 3.05) is 0 Å². The average molecular weight is 366 g/mol. The highest BCUT2D eigenvalue weighted by Gasteiger charge is 2.25. The molecule has 0 atom stereocenters. The van der Waals surface area contributed by atoms with Crippen LogP contribution in [-0.4, -0.2) is 16.1 Å². The predicted octanol–water partition coefficient (Wildman–Crippen LogP) is 3.87. The Balaban J connectivity index is 2.07. The van der Waals surface area contributed by atoms with Crippen LogP contribution in [-0.2, 0) is 24.7 Å². The molecule has 108 valence electrons. The van der Waals surface area contributed by atoms with Gasteiger partial charge < -0.3 is 0 Å². The Hall–Kier alpha value is -1.39. The van der Waals surface area contributed by atoms with Crippen LogP contribution in [0.1, 0.15) is 28.9 Å². The molecule has 1 aromatic heterocycles. The minimum Gasteiger partial charge on any atom is -0.298 e. The first-order valence-corrected chi connectivity index (χ1v) is 7.90. The highest BCUT2D eigenvalue weighted by Crippen LogP contribution is 2.36. The number of carbonyl (C=O) groups is 1. The smallest absolute Gasteiger partial charge is 0.147 e. The Bertz CT molecular complexity index is 749. The van der Waals surface area contributed by atoms with E-state index in [1.54, 1.807) is 0 Å². The van der Waals surface area contributed by atoms with Crippen molar-refractivity contribution >= 4 is 38.8 Å². The molecular weight excluding hydrogens is 352 g/mol. The zero-order valence-corrected chi connectivity index (χ0v) is 13.9. The van der Waals surface area contributed by atoms with Gasteiger partial charge in [0, 0.05) is 29.1 Å². The summed E-state index contributed by atoms with van der Waals surface area (Å²) in [6.07, 6.45) is 3.04. The molecule has 0 fully saturated rings. The summed E-state index contributed by atoms with van der Waals surface area (Å²) < 4.78 is 2.92. The number of aldehydes is 1. The fourth-order valence-corrected chi connectivity index (χ4v) is 3.53. The number of allylic oxidation sites excluding steroid dienone is 1. The Morgan fingerprint density at radius 1 is 1.43 bits per heavy atom. The fraction of sp³-hybridized carbons (Fsp3) is 0.250.